The van der Waals surface area contributed by atoms with Gasteiger partial charge in [-0.2, -0.15) is 0 Å². The Morgan fingerprint density at radius 2 is 1.04 bits per heavy atom. The SMILES string of the molecule is CCO.CSc1ccc(C(=O)OCCOc2ccc(-c3ccc(OCC(C)(O)COC(=O)c4ccc(SC)cc4)cc3)cc2)cc1. The van der Waals surface area contributed by atoms with Gasteiger partial charge in [-0.1, -0.05) is 24.3 Å². The number of hydrogen-bond acceptors (Lipinski definition) is 10. The van der Waals surface area contributed by atoms with E-state index in [0.29, 0.717) is 22.6 Å². The van der Waals surface area contributed by atoms with Crippen LogP contribution in [0.25, 0.3) is 11.1 Å². The summed E-state index contributed by atoms with van der Waals surface area (Å²) in [5, 5.41) is 18.2. The van der Waals surface area contributed by atoms with Gasteiger partial charge in [-0.3, -0.25) is 0 Å². The van der Waals surface area contributed by atoms with E-state index in [-0.39, 0.29) is 39.0 Å². The van der Waals surface area contributed by atoms with Gasteiger partial charge >= 0.3 is 11.9 Å². The molecule has 0 aliphatic rings. The van der Waals surface area contributed by atoms with Crippen LogP contribution < -0.4 is 9.47 Å². The maximum absolute atomic E-state index is 12.3. The van der Waals surface area contributed by atoms with Crippen LogP contribution in [0.3, 0.4) is 0 Å². The van der Waals surface area contributed by atoms with Crippen molar-refractivity contribution in [1.29, 1.82) is 0 Å². The topological polar surface area (TPSA) is 112 Å². The Bertz CT molecular complexity index is 1490. The molecule has 1 unspecified atom stereocenters. The second-order valence-electron chi connectivity index (χ2n) is 10.2. The predicted molar refractivity (Wildman–Crippen MR) is 183 cm³/mol. The third-order valence-electron chi connectivity index (χ3n) is 6.34. The first-order chi connectivity index (χ1) is 22.2. The van der Waals surface area contributed by atoms with Gasteiger partial charge in [-0.15, -0.1) is 23.5 Å². The predicted octanol–water partition coefficient (Wildman–Crippen LogP) is 7.02. The number of carbonyl (C=O) groups excluding carboxylic acids is 2. The zero-order chi connectivity index (χ0) is 33.4. The standard InChI is InChI=1S/C34H34O7S2.C2H6O/c1-34(37,23-41-33(36)27-10-18-31(43-3)19-11-27)22-40-29-14-6-25(7-15-29)24-4-12-28(13-5-24)38-20-21-39-32(35)26-8-16-30(42-2)17-9-26;1-2-3/h4-19,37H,20-23H2,1-3H3;3H,2H2,1H3. The van der Waals surface area contributed by atoms with Gasteiger partial charge in [0.2, 0.25) is 0 Å². The molecule has 0 saturated carbocycles. The summed E-state index contributed by atoms with van der Waals surface area (Å²) in [6.07, 6.45) is 3.94. The zero-order valence-electron chi connectivity index (χ0n) is 26.4. The fourth-order valence-corrected chi connectivity index (χ4v) is 4.72. The Labute approximate surface area is 279 Å². The van der Waals surface area contributed by atoms with Gasteiger partial charge in [-0.05, 0) is 110 Å². The van der Waals surface area contributed by atoms with E-state index in [4.69, 9.17) is 24.1 Å². The fraction of sp³-hybridized carbons (Fsp3) is 0.278. The Morgan fingerprint density at radius 1 is 0.630 bits per heavy atom. The van der Waals surface area contributed by atoms with Crippen LogP contribution in [0.1, 0.15) is 34.6 Å². The number of thioether (sulfide) groups is 2. The highest BCUT2D eigenvalue weighted by Crippen LogP contribution is 2.25. The van der Waals surface area contributed by atoms with Gasteiger partial charge in [0, 0.05) is 16.4 Å². The Morgan fingerprint density at radius 3 is 1.48 bits per heavy atom. The van der Waals surface area contributed by atoms with Crippen LogP contribution in [-0.4, -0.2) is 73.3 Å². The Balaban J connectivity index is 0.00000185. The lowest BCUT2D eigenvalue weighted by Gasteiger charge is -2.23. The highest BCUT2D eigenvalue weighted by Gasteiger charge is 2.24. The maximum atomic E-state index is 12.3. The molecule has 10 heteroatoms. The highest BCUT2D eigenvalue weighted by molar-refractivity contribution is 7.98. The van der Waals surface area contributed by atoms with Gasteiger partial charge in [0.25, 0.3) is 0 Å². The molecule has 244 valence electrons. The van der Waals surface area contributed by atoms with Crippen LogP contribution >= 0.6 is 23.5 Å². The molecule has 8 nitrogen and oxygen atoms in total. The van der Waals surface area contributed by atoms with Crippen LogP contribution in [0.2, 0.25) is 0 Å². The van der Waals surface area contributed by atoms with E-state index >= 15 is 0 Å². The normalized spacial score (nSPS) is 11.8. The minimum atomic E-state index is -1.36. The second kappa shape index (κ2) is 18.9. The van der Waals surface area contributed by atoms with Crippen LogP contribution in [0, 0.1) is 0 Å². The van der Waals surface area contributed by atoms with E-state index < -0.39 is 11.6 Å². The molecule has 0 aliphatic carbocycles. The molecule has 0 saturated heterocycles. The third kappa shape index (κ3) is 12.1. The molecule has 0 heterocycles. The molecule has 0 aliphatic heterocycles. The van der Waals surface area contributed by atoms with Gasteiger partial charge < -0.3 is 29.2 Å². The number of aliphatic hydroxyl groups excluding tert-OH is 1. The molecule has 0 aromatic heterocycles. The van der Waals surface area contributed by atoms with Gasteiger partial charge in [0.15, 0.2) is 0 Å². The fourth-order valence-electron chi connectivity index (χ4n) is 3.90. The average Bonchev–Trinajstić information content (AvgIpc) is 3.09. The lowest BCUT2D eigenvalue weighted by molar-refractivity contribution is -0.0451. The molecule has 0 amide bonds. The summed E-state index contributed by atoms with van der Waals surface area (Å²) >= 11 is 3.20. The van der Waals surface area contributed by atoms with Crippen molar-refractivity contribution in [3.63, 3.8) is 0 Å². The monoisotopic (exact) mass is 664 g/mol. The molecule has 2 N–H and O–H groups in total. The summed E-state index contributed by atoms with van der Waals surface area (Å²) in [7, 11) is 0. The molecule has 0 spiro atoms. The van der Waals surface area contributed by atoms with Crippen molar-refractivity contribution < 1.29 is 38.7 Å². The number of carbonyl (C=O) groups is 2. The van der Waals surface area contributed by atoms with Crippen LogP contribution in [0.15, 0.2) is 107 Å². The molecule has 0 radical (unpaired) electrons. The summed E-state index contributed by atoms with van der Waals surface area (Å²) in [6.45, 7) is 3.64. The number of ether oxygens (including phenoxy) is 4. The van der Waals surface area contributed by atoms with Crippen LogP contribution in [-0.2, 0) is 9.47 Å². The number of aliphatic hydroxyl groups is 2. The summed E-state index contributed by atoms with van der Waals surface area (Å²) in [6, 6.07) is 29.5. The molecule has 1 atom stereocenters. The third-order valence-corrected chi connectivity index (χ3v) is 7.83. The minimum absolute atomic E-state index is 0.0450. The average molecular weight is 665 g/mol. The van der Waals surface area contributed by atoms with Crippen LogP contribution in [0.5, 0.6) is 11.5 Å². The van der Waals surface area contributed by atoms with Crippen molar-refractivity contribution in [2.24, 2.45) is 0 Å². The van der Waals surface area contributed by atoms with E-state index in [2.05, 4.69) is 0 Å². The lowest BCUT2D eigenvalue weighted by Crippen LogP contribution is -2.38. The first kappa shape index (κ1) is 36.5. The van der Waals surface area contributed by atoms with Crippen molar-refractivity contribution in [3.8, 4) is 22.6 Å². The van der Waals surface area contributed by atoms with Crippen molar-refractivity contribution in [2.75, 3.05) is 45.5 Å². The molecule has 0 fully saturated rings. The molecular weight excluding hydrogens is 625 g/mol. The number of esters is 2. The molecule has 4 aromatic carbocycles. The van der Waals surface area contributed by atoms with E-state index in [1.165, 1.54) is 0 Å². The van der Waals surface area contributed by atoms with Crippen molar-refractivity contribution in [1.82, 2.24) is 0 Å². The smallest absolute Gasteiger partial charge is 0.338 e. The summed E-state index contributed by atoms with van der Waals surface area (Å²) in [5.74, 6) is 0.380. The van der Waals surface area contributed by atoms with Crippen molar-refractivity contribution in [2.45, 2.75) is 29.2 Å². The van der Waals surface area contributed by atoms with Crippen molar-refractivity contribution in [3.05, 3.63) is 108 Å². The lowest BCUT2D eigenvalue weighted by atomic mass is 10.1. The van der Waals surface area contributed by atoms with Crippen LogP contribution in [0.4, 0.5) is 0 Å². The number of benzene rings is 4. The summed E-state index contributed by atoms with van der Waals surface area (Å²) in [5.41, 5.74) is 1.55. The van der Waals surface area contributed by atoms with E-state index in [1.807, 2.05) is 85.3 Å². The Kier molecular flexibility index (Phi) is 15.0. The van der Waals surface area contributed by atoms with Crippen molar-refractivity contribution >= 4 is 35.5 Å². The number of rotatable bonds is 14. The molecule has 46 heavy (non-hydrogen) atoms. The molecule has 4 aromatic rings. The van der Waals surface area contributed by atoms with Gasteiger partial charge in [0.1, 0.15) is 43.5 Å². The first-order valence-electron chi connectivity index (χ1n) is 14.6. The van der Waals surface area contributed by atoms with Gasteiger partial charge in [0.05, 0.1) is 11.1 Å². The van der Waals surface area contributed by atoms with E-state index in [9.17, 15) is 14.7 Å². The largest absolute Gasteiger partial charge is 0.490 e. The first-order valence-corrected chi connectivity index (χ1v) is 17.0. The van der Waals surface area contributed by atoms with E-state index in [1.54, 1.807) is 61.6 Å². The zero-order valence-corrected chi connectivity index (χ0v) is 28.1. The Hall–Kier alpha value is -3.96. The summed E-state index contributed by atoms with van der Waals surface area (Å²) < 4.78 is 22.1. The minimum Gasteiger partial charge on any atom is -0.490 e. The highest BCUT2D eigenvalue weighted by atomic mass is 32.2. The summed E-state index contributed by atoms with van der Waals surface area (Å²) in [4.78, 5) is 26.6. The van der Waals surface area contributed by atoms with Gasteiger partial charge in [-0.25, -0.2) is 9.59 Å². The quantitative estimate of drug-likeness (QED) is 0.0829. The molecule has 4 rings (SSSR count). The number of hydrogen-bond donors (Lipinski definition) is 2. The molecule has 0 bridgehead atoms. The second-order valence-corrected chi connectivity index (χ2v) is 11.9. The molecular formula is C36H40O8S2. The van der Waals surface area contributed by atoms with E-state index in [0.717, 1.165) is 20.9 Å². The maximum Gasteiger partial charge on any atom is 0.338 e.